The predicted octanol–water partition coefficient (Wildman–Crippen LogP) is 1.03. The fraction of sp³-hybridized carbons (Fsp3) is 0.600. The van der Waals surface area contributed by atoms with Crippen LogP contribution in [-0.4, -0.2) is 11.6 Å². The zero-order valence-corrected chi connectivity index (χ0v) is 9.36. The van der Waals surface area contributed by atoms with Crippen molar-refractivity contribution in [3.05, 3.63) is 17.0 Å². The number of nitrogen functional groups attached to an aromatic ring is 1. The van der Waals surface area contributed by atoms with Crippen LogP contribution in [0.4, 0.5) is 5.95 Å². The Labute approximate surface area is 89.5 Å². The highest BCUT2D eigenvalue weighted by Crippen LogP contribution is 2.10. The summed E-state index contributed by atoms with van der Waals surface area (Å²) in [5, 5.41) is 11.2. The number of hydrogen-bond donors (Lipinski definition) is 1. The molecule has 0 radical (unpaired) electrons. The molecule has 1 aromatic heterocycles. The summed E-state index contributed by atoms with van der Waals surface area (Å²) in [6, 6.07) is 1.59. The molecule has 1 rings (SSSR count). The summed E-state index contributed by atoms with van der Waals surface area (Å²) in [6.45, 7) is 6.44. The van der Waals surface area contributed by atoms with E-state index in [1.54, 1.807) is 13.0 Å². The van der Waals surface area contributed by atoms with Gasteiger partial charge in [0.1, 0.15) is 0 Å². The smallest absolute Gasteiger partial charge is 0.393 e. The first-order valence-corrected chi connectivity index (χ1v) is 5.04. The molecule has 0 saturated heterocycles. The topological polar surface area (TPSA) is 75.1 Å². The molecule has 0 bridgehead atoms. The summed E-state index contributed by atoms with van der Waals surface area (Å²) in [5.41, 5.74) is 5.91. The molecule has 0 aromatic carbocycles. The Bertz CT molecular complexity index is 318. The van der Waals surface area contributed by atoms with E-state index in [0.29, 0.717) is 28.8 Å². The van der Waals surface area contributed by atoms with Crippen molar-refractivity contribution in [1.29, 1.82) is 0 Å². The second kappa shape index (κ2) is 4.82. The Hall–Kier alpha value is -1.52. The van der Waals surface area contributed by atoms with Crippen LogP contribution in [0.25, 0.3) is 0 Å². The number of rotatable bonds is 4. The first-order valence-electron chi connectivity index (χ1n) is 5.04. The summed E-state index contributed by atoms with van der Waals surface area (Å²) < 4.78 is 6.01. The fourth-order valence-corrected chi connectivity index (χ4v) is 1.03. The molecule has 1 unspecified atom stereocenters. The molecular weight excluding hydrogens is 194 g/mol. The lowest BCUT2D eigenvalue weighted by atomic mass is 10.1. The van der Waals surface area contributed by atoms with Crippen molar-refractivity contribution in [3.8, 4) is 5.88 Å². The summed E-state index contributed by atoms with van der Waals surface area (Å²) in [5.74, 6) is 0.805. The third-order valence-corrected chi connectivity index (χ3v) is 2.30. The van der Waals surface area contributed by atoms with Gasteiger partial charge < -0.3 is 9.94 Å². The Morgan fingerprint density at radius 2 is 2.33 bits per heavy atom. The molecule has 0 fully saturated rings. The van der Waals surface area contributed by atoms with Crippen LogP contribution < -0.4 is 15.2 Å². The van der Waals surface area contributed by atoms with Crippen LogP contribution in [0.3, 0.4) is 0 Å². The highest BCUT2D eigenvalue weighted by atomic mass is 16.5. The third kappa shape index (κ3) is 2.97. The Morgan fingerprint density at radius 1 is 1.67 bits per heavy atom. The third-order valence-electron chi connectivity index (χ3n) is 2.30. The number of nitrogens with two attached hydrogens (primary N) is 1. The van der Waals surface area contributed by atoms with Gasteiger partial charge in [0.15, 0.2) is 0 Å². The molecule has 1 atom stereocenters. The van der Waals surface area contributed by atoms with Crippen molar-refractivity contribution < 1.29 is 9.47 Å². The van der Waals surface area contributed by atoms with Gasteiger partial charge >= 0.3 is 5.95 Å². The van der Waals surface area contributed by atoms with E-state index in [0.717, 1.165) is 6.42 Å². The standard InChI is InChI=1S/C10H17N3O2/c1-4-7(2)6-15-9-5-8(3)13(14)10(11)12-9/h5,7H,4,6H2,1-3H3,(H2,11,12). The van der Waals surface area contributed by atoms with Gasteiger partial charge in [-0.2, -0.15) is 0 Å². The molecule has 0 aliphatic rings. The molecule has 0 saturated carbocycles. The van der Waals surface area contributed by atoms with Gasteiger partial charge in [0.05, 0.1) is 18.4 Å². The normalized spacial score (nSPS) is 12.5. The average Bonchev–Trinajstić information content (AvgIpc) is 2.22. The number of aryl methyl sites for hydroxylation is 1. The quantitative estimate of drug-likeness (QED) is 0.596. The number of ether oxygens (including phenoxy) is 1. The molecule has 5 nitrogen and oxygen atoms in total. The molecule has 0 spiro atoms. The summed E-state index contributed by atoms with van der Waals surface area (Å²) in [4.78, 5) is 3.85. The van der Waals surface area contributed by atoms with Gasteiger partial charge in [-0.15, -0.1) is 0 Å². The minimum Gasteiger partial charge on any atom is -0.740 e. The number of nitrogens with zero attached hydrogens (tertiary/aromatic N) is 2. The minimum absolute atomic E-state index is 0.0749. The van der Waals surface area contributed by atoms with Crippen LogP contribution in [0.2, 0.25) is 0 Å². The van der Waals surface area contributed by atoms with Crippen LogP contribution in [-0.2, 0) is 0 Å². The van der Waals surface area contributed by atoms with Gasteiger partial charge in [-0.1, -0.05) is 20.3 Å². The van der Waals surface area contributed by atoms with E-state index < -0.39 is 0 Å². The first-order chi connectivity index (χ1) is 7.04. The molecule has 5 heteroatoms. The Kier molecular flexibility index (Phi) is 3.71. The van der Waals surface area contributed by atoms with E-state index in [1.165, 1.54) is 0 Å². The van der Waals surface area contributed by atoms with Gasteiger partial charge in [-0.25, -0.2) is 4.73 Å². The number of anilines is 1. The molecule has 1 heterocycles. The van der Waals surface area contributed by atoms with Crippen LogP contribution in [0.15, 0.2) is 6.07 Å². The molecule has 0 aliphatic carbocycles. The molecule has 84 valence electrons. The van der Waals surface area contributed by atoms with E-state index in [1.807, 2.05) is 0 Å². The first kappa shape index (κ1) is 11.6. The predicted molar refractivity (Wildman–Crippen MR) is 57.3 cm³/mol. The lowest BCUT2D eigenvalue weighted by Gasteiger charge is -2.11. The van der Waals surface area contributed by atoms with Crippen molar-refractivity contribution in [1.82, 2.24) is 4.98 Å². The summed E-state index contributed by atoms with van der Waals surface area (Å²) in [6.07, 6.45) is 1.04. The van der Waals surface area contributed by atoms with E-state index in [9.17, 15) is 5.21 Å². The Balaban J connectivity index is 2.70. The second-order valence-corrected chi connectivity index (χ2v) is 3.71. The molecular formula is C10H17N3O2. The zero-order valence-electron chi connectivity index (χ0n) is 9.36. The van der Waals surface area contributed by atoms with Gasteiger partial charge in [0, 0.05) is 0 Å². The van der Waals surface area contributed by atoms with Gasteiger partial charge in [-0.05, 0) is 17.8 Å². The van der Waals surface area contributed by atoms with Crippen LogP contribution in [0.1, 0.15) is 26.0 Å². The molecule has 0 amide bonds. The molecule has 15 heavy (non-hydrogen) atoms. The summed E-state index contributed by atoms with van der Waals surface area (Å²) >= 11 is 0. The van der Waals surface area contributed by atoms with Crippen LogP contribution >= 0.6 is 0 Å². The van der Waals surface area contributed by atoms with Crippen molar-refractivity contribution in [3.63, 3.8) is 0 Å². The van der Waals surface area contributed by atoms with E-state index in [-0.39, 0.29) is 5.95 Å². The van der Waals surface area contributed by atoms with Gasteiger partial charge in [0.25, 0.3) is 5.88 Å². The summed E-state index contributed by atoms with van der Waals surface area (Å²) in [7, 11) is 0. The van der Waals surface area contributed by atoms with Crippen molar-refractivity contribution in [2.24, 2.45) is 5.92 Å². The minimum atomic E-state index is -0.0749. The number of hydrogen-bond acceptors (Lipinski definition) is 4. The maximum absolute atomic E-state index is 11.2. The maximum Gasteiger partial charge on any atom is 0.393 e. The highest BCUT2D eigenvalue weighted by Gasteiger charge is 2.10. The lowest BCUT2D eigenvalue weighted by molar-refractivity contribution is -0.599. The zero-order chi connectivity index (χ0) is 11.4. The van der Waals surface area contributed by atoms with Crippen LogP contribution in [0, 0.1) is 18.0 Å². The van der Waals surface area contributed by atoms with Gasteiger partial charge in [0.2, 0.25) is 0 Å². The SMILES string of the molecule is CCC(C)COc1cc(C)[n+]([O-])c(N)n1. The average molecular weight is 211 g/mol. The van der Waals surface area contributed by atoms with E-state index in [2.05, 4.69) is 18.8 Å². The van der Waals surface area contributed by atoms with E-state index >= 15 is 0 Å². The molecule has 0 aliphatic heterocycles. The largest absolute Gasteiger partial charge is 0.740 e. The molecule has 1 aromatic rings. The van der Waals surface area contributed by atoms with Gasteiger partial charge in [-0.3, -0.25) is 5.73 Å². The lowest BCUT2D eigenvalue weighted by Crippen LogP contribution is -2.35. The monoisotopic (exact) mass is 211 g/mol. The number of aromatic nitrogens is 2. The van der Waals surface area contributed by atoms with Crippen molar-refractivity contribution in [2.45, 2.75) is 27.2 Å². The van der Waals surface area contributed by atoms with Crippen LogP contribution in [0.5, 0.6) is 5.88 Å². The second-order valence-electron chi connectivity index (χ2n) is 3.71. The van der Waals surface area contributed by atoms with Crippen molar-refractivity contribution >= 4 is 5.95 Å². The van der Waals surface area contributed by atoms with E-state index in [4.69, 9.17) is 10.5 Å². The highest BCUT2D eigenvalue weighted by molar-refractivity contribution is 5.19. The molecule has 2 N–H and O–H groups in total. The Morgan fingerprint density at radius 3 is 2.87 bits per heavy atom. The fourth-order valence-electron chi connectivity index (χ4n) is 1.03. The van der Waals surface area contributed by atoms with Crippen molar-refractivity contribution in [2.75, 3.05) is 12.3 Å². The maximum atomic E-state index is 11.2.